The summed E-state index contributed by atoms with van der Waals surface area (Å²) >= 11 is 0. The van der Waals surface area contributed by atoms with Crippen LogP contribution in [0.15, 0.2) is 24.3 Å². The van der Waals surface area contributed by atoms with Crippen LogP contribution in [0.1, 0.15) is 31.1 Å². The fourth-order valence-corrected chi connectivity index (χ4v) is 2.49. The molecule has 0 amide bonds. The molecule has 1 aliphatic heterocycles. The normalized spacial score (nSPS) is 22.3. The lowest BCUT2D eigenvalue weighted by atomic mass is 9.96. The van der Waals surface area contributed by atoms with E-state index in [1.807, 2.05) is 24.3 Å². The maximum absolute atomic E-state index is 11.5. The highest BCUT2D eigenvalue weighted by Gasteiger charge is 2.33. The summed E-state index contributed by atoms with van der Waals surface area (Å²) in [5, 5.41) is 12.7. The predicted octanol–water partition coefficient (Wildman–Crippen LogP) is 1.44. The minimum atomic E-state index is -0.0406. The molecular weight excluding hydrogens is 240 g/mol. The van der Waals surface area contributed by atoms with Gasteiger partial charge < -0.3 is 15.3 Å². The summed E-state index contributed by atoms with van der Waals surface area (Å²) in [4.78, 5) is 13.8. The first-order chi connectivity index (χ1) is 8.94. The molecule has 0 radical (unpaired) electrons. The van der Waals surface area contributed by atoms with Crippen molar-refractivity contribution in [3.05, 3.63) is 29.8 Å². The summed E-state index contributed by atoms with van der Waals surface area (Å²) in [5.41, 5.74) is 1.73. The second-order valence-electron chi connectivity index (χ2n) is 5.79. The summed E-state index contributed by atoms with van der Waals surface area (Å²) in [5.74, 6) is 0.0773. The van der Waals surface area contributed by atoms with E-state index in [0.717, 1.165) is 24.3 Å². The van der Waals surface area contributed by atoms with Crippen molar-refractivity contribution in [1.82, 2.24) is 5.32 Å². The number of aliphatic hydroxyl groups excluding tert-OH is 1. The van der Waals surface area contributed by atoms with E-state index in [0.29, 0.717) is 0 Å². The Bertz CT molecular complexity index is 471. The van der Waals surface area contributed by atoms with Gasteiger partial charge in [0.15, 0.2) is 5.78 Å². The van der Waals surface area contributed by atoms with E-state index in [1.54, 1.807) is 6.92 Å². The van der Waals surface area contributed by atoms with E-state index >= 15 is 0 Å². The van der Waals surface area contributed by atoms with Gasteiger partial charge in [-0.05, 0) is 32.9 Å². The standard InChI is InChI=1S/C15H22N2O2/c1-11(19)12-5-4-6-14(7-12)17-8-13(9-18)16-10-15(17,2)3/h4-7,13,16,18H,8-10H2,1-3H3. The summed E-state index contributed by atoms with van der Waals surface area (Å²) in [6.45, 7) is 7.58. The van der Waals surface area contributed by atoms with Crippen LogP contribution < -0.4 is 10.2 Å². The first-order valence-corrected chi connectivity index (χ1v) is 6.67. The lowest BCUT2D eigenvalue weighted by Crippen LogP contribution is -2.63. The van der Waals surface area contributed by atoms with E-state index in [4.69, 9.17) is 0 Å². The molecule has 2 N–H and O–H groups in total. The molecule has 1 fully saturated rings. The second-order valence-corrected chi connectivity index (χ2v) is 5.79. The number of piperazine rings is 1. The molecule has 1 aliphatic rings. The van der Waals surface area contributed by atoms with Crippen molar-refractivity contribution in [2.24, 2.45) is 0 Å². The van der Waals surface area contributed by atoms with Crippen molar-refractivity contribution in [2.45, 2.75) is 32.4 Å². The van der Waals surface area contributed by atoms with Crippen LogP contribution in [0.3, 0.4) is 0 Å². The Hall–Kier alpha value is -1.39. The number of aliphatic hydroxyl groups is 1. The number of hydrogen-bond acceptors (Lipinski definition) is 4. The molecule has 0 aromatic heterocycles. The van der Waals surface area contributed by atoms with Crippen LogP contribution >= 0.6 is 0 Å². The highest BCUT2D eigenvalue weighted by atomic mass is 16.3. The molecule has 1 aromatic carbocycles. The summed E-state index contributed by atoms with van der Waals surface area (Å²) in [7, 11) is 0. The lowest BCUT2D eigenvalue weighted by Gasteiger charge is -2.47. The predicted molar refractivity (Wildman–Crippen MR) is 76.7 cm³/mol. The molecule has 19 heavy (non-hydrogen) atoms. The largest absolute Gasteiger partial charge is 0.395 e. The van der Waals surface area contributed by atoms with Gasteiger partial charge >= 0.3 is 0 Å². The van der Waals surface area contributed by atoms with Gasteiger partial charge in [0.2, 0.25) is 0 Å². The third-order valence-corrected chi connectivity index (χ3v) is 3.74. The van der Waals surface area contributed by atoms with Gasteiger partial charge in [-0.2, -0.15) is 0 Å². The molecule has 1 aromatic rings. The number of anilines is 1. The van der Waals surface area contributed by atoms with E-state index < -0.39 is 0 Å². The SMILES string of the molecule is CC(=O)c1cccc(N2CC(CO)NCC2(C)C)c1. The minimum absolute atomic E-state index is 0.0406. The lowest BCUT2D eigenvalue weighted by molar-refractivity contribution is 0.101. The van der Waals surface area contributed by atoms with Crippen LogP contribution in [0.5, 0.6) is 0 Å². The van der Waals surface area contributed by atoms with E-state index in [1.165, 1.54) is 0 Å². The smallest absolute Gasteiger partial charge is 0.159 e. The summed E-state index contributed by atoms with van der Waals surface area (Å²) in [6, 6.07) is 7.79. The van der Waals surface area contributed by atoms with Gasteiger partial charge in [0.25, 0.3) is 0 Å². The average Bonchev–Trinajstić information content (AvgIpc) is 2.38. The van der Waals surface area contributed by atoms with Crippen molar-refractivity contribution in [2.75, 3.05) is 24.6 Å². The Balaban J connectivity index is 2.31. The van der Waals surface area contributed by atoms with Gasteiger partial charge in [-0.15, -0.1) is 0 Å². The summed E-state index contributed by atoms with van der Waals surface area (Å²) in [6.07, 6.45) is 0. The van der Waals surface area contributed by atoms with Crippen molar-refractivity contribution in [3.8, 4) is 0 Å². The maximum Gasteiger partial charge on any atom is 0.159 e. The quantitative estimate of drug-likeness (QED) is 0.809. The van der Waals surface area contributed by atoms with Crippen molar-refractivity contribution >= 4 is 11.5 Å². The van der Waals surface area contributed by atoms with Crippen LogP contribution in [0.4, 0.5) is 5.69 Å². The Labute approximate surface area is 114 Å². The molecular formula is C15H22N2O2. The molecule has 2 rings (SSSR count). The highest BCUT2D eigenvalue weighted by Crippen LogP contribution is 2.27. The van der Waals surface area contributed by atoms with E-state index in [9.17, 15) is 9.90 Å². The molecule has 104 valence electrons. The second kappa shape index (κ2) is 5.31. The Kier molecular flexibility index (Phi) is 3.92. The molecule has 0 bridgehead atoms. The van der Waals surface area contributed by atoms with Crippen LogP contribution in [0.25, 0.3) is 0 Å². The van der Waals surface area contributed by atoms with Crippen LogP contribution in [0, 0.1) is 0 Å². The number of nitrogens with zero attached hydrogens (tertiary/aromatic N) is 1. The molecule has 4 heteroatoms. The number of nitrogens with one attached hydrogen (secondary N) is 1. The molecule has 1 unspecified atom stereocenters. The van der Waals surface area contributed by atoms with Crippen LogP contribution in [-0.4, -0.2) is 42.2 Å². The molecule has 0 saturated carbocycles. The zero-order chi connectivity index (χ0) is 14.0. The monoisotopic (exact) mass is 262 g/mol. The highest BCUT2D eigenvalue weighted by molar-refractivity contribution is 5.95. The number of Topliss-reactive ketones (excluding diaryl/α,β-unsaturated/α-hetero) is 1. The van der Waals surface area contributed by atoms with Gasteiger partial charge in [-0.25, -0.2) is 0 Å². The Morgan fingerprint density at radius 2 is 2.26 bits per heavy atom. The molecule has 0 spiro atoms. The van der Waals surface area contributed by atoms with Gasteiger partial charge in [-0.3, -0.25) is 4.79 Å². The number of hydrogen-bond donors (Lipinski definition) is 2. The third-order valence-electron chi connectivity index (χ3n) is 3.74. The third kappa shape index (κ3) is 2.96. The van der Waals surface area contributed by atoms with Gasteiger partial charge in [-0.1, -0.05) is 12.1 Å². The average molecular weight is 262 g/mol. The molecule has 0 aliphatic carbocycles. The van der Waals surface area contributed by atoms with Gasteiger partial charge in [0.05, 0.1) is 6.61 Å². The topological polar surface area (TPSA) is 52.6 Å². The van der Waals surface area contributed by atoms with Gasteiger partial charge in [0, 0.05) is 35.9 Å². The Morgan fingerprint density at radius 3 is 2.89 bits per heavy atom. The number of carbonyl (C=O) groups excluding carboxylic acids is 1. The van der Waals surface area contributed by atoms with E-state index in [-0.39, 0.29) is 24.0 Å². The number of benzene rings is 1. The van der Waals surface area contributed by atoms with Crippen molar-refractivity contribution < 1.29 is 9.90 Å². The molecule has 1 atom stereocenters. The van der Waals surface area contributed by atoms with Crippen molar-refractivity contribution in [1.29, 1.82) is 0 Å². The van der Waals surface area contributed by atoms with Crippen molar-refractivity contribution in [3.63, 3.8) is 0 Å². The fraction of sp³-hybridized carbons (Fsp3) is 0.533. The first-order valence-electron chi connectivity index (χ1n) is 6.67. The molecule has 4 nitrogen and oxygen atoms in total. The van der Waals surface area contributed by atoms with Crippen LogP contribution in [0.2, 0.25) is 0 Å². The number of carbonyl (C=O) groups is 1. The minimum Gasteiger partial charge on any atom is -0.395 e. The summed E-state index contributed by atoms with van der Waals surface area (Å²) < 4.78 is 0. The van der Waals surface area contributed by atoms with Gasteiger partial charge in [0.1, 0.15) is 0 Å². The first kappa shape index (κ1) is 14.0. The molecule has 1 heterocycles. The molecule has 1 saturated heterocycles. The zero-order valence-electron chi connectivity index (χ0n) is 11.8. The zero-order valence-corrected chi connectivity index (χ0v) is 11.8. The van der Waals surface area contributed by atoms with Crippen LogP contribution in [-0.2, 0) is 0 Å². The fourth-order valence-electron chi connectivity index (χ4n) is 2.49. The maximum atomic E-state index is 11.5. The Morgan fingerprint density at radius 1 is 1.53 bits per heavy atom. The van der Waals surface area contributed by atoms with E-state index in [2.05, 4.69) is 24.1 Å². The number of rotatable bonds is 3. The number of ketones is 1.